The van der Waals surface area contributed by atoms with Crippen LogP contribution in [-0.2, 0) is 0 Å². The average molecular weight is 262 g/mol. The van der Waals surface area contributed by atoms with Gasteiger partial charge in [0.2, 0.25) is 0 Å². The number of methoxy groups -OCH3 is 1. The first kappa shape index (κ1) is 14.4. The highest BCUT2D eigenvalue weighted by Gasteiger charge is 2.27. The predicted molar refractivity (Wildman–Crippen MR) is 78.4 cm³/mol. The van der Waals surface area contributed by atoms with Crippen LogP contribution < -0.4 is 4.74 Å². The van der Waals surface area contributed by atoms with Crippen molar-refractivity contribution in [1.29, 1.82) is 0 Å². The topological polar surface area (TPSA) is 29.5 Å². The molecule has 0 radical (unpaired) electrons. The predicted octanol–water partition coefficient (Wildman–Crippen LogP) is 4.25. The molecule has 1 aliphatic rings. The van der Waals surface area contributed by atoms with E-state index in [4.69, 9.17) is 4.74 Å². The molecule has 0 amide bonds. The lowest BCUT2D eigenvalue weighted by Gasteiger charge is -2.32. The normalized spacial score (nSPS) is 25.1. The number of rotatable bonds is 4. The standard InChI is InChI=1S/C17H26O2/c1-4-13-6-5-7-14(11-13)17(18)15-8-9-16(19-3)12(2)10-15/h8-10,13-14,17-18H,4-7,11H2,1-3H3. The maximum atomic E-state index is 10.6. The van der Waals surface area contributed by atoms with E-state index < -0.39 is 0 Å². The minimum absolute atomic E-state index is 0.320. The van der Waals surface area contributed by atoms with Crippen molar-refractivity contribution in [3.05, 3.63) is 29.3 Å². The van der Waals surface area contributed by atoms with Crippen LogP contribution >= 0.6 is 0 Å². The lowest BCUT2D eigenvalue weighted by atomic mass is 9.76. The third-order valence-electron chi connectivity index (χ3n) is 4.61. The molecule has 0 spiro atoms. The molecule has 1 N–H and O–H groups in total. The molecule has 3 atom stereocenters. The Morgan fingerprint density at radius 2 is 2.16 bits per heavy atom. The molecule has 2 nitrogen and oxygen atoms in total. The van der Waals surface area contributed by atoms with E-state index in [1.54, 1.807) is 7.11 Å². The molecule has 0 aliphatic heterocycles. The summed E-state index contributed by atoms with van der Waals surface area (Å²) >= 11 is 0. The SMILES string of the molecule is CCC1CCCC(C(O)c2ccc(OC)c(C)c2)C1. The zero-order valence-electron chi connectivity index (χ0n) is 12.4. The lowest BCUT2D eigenvalue weighted by molar-refractivity contribution is 0.0677. The molecule has 0 aromatic heterocycles. The summed E-state index contributed by atoms with van der Waals surface area (Å²) in [5.74, 6) is 2.12. The Morgan fingerprint density at radius 3 is 2.79 bits per heavy atom. The van der Waals surface area contributed by atoms with Crippen molar-refractivity contribution in [3.8, 4) is 5.75 Å². The maximum Gasteiger partial charge on any atom is 0.121 e. The number of hydrogen-bond acceptors (Lipinski definition) is 2. The van der Waals surface area contributed by atoms with Gasteiger partial charge in [-0.15, -0.1) is 0 Å². The molecular weight excluding hydrogens is 236 g/mol. The van der Waals surface area contributed by atoms with E-state index in [2.05, 4.69) is 13.0 Å². The summed E-state index contributed by atoms with van der Waals surface area (Å²) in [7, 11) is 1.69. The third kappa shape index (κ3) is 3.30. The fourth-order valence-corrected chi connectivity index (χ4v) is 3.35. The highest BCUT2D eigenvalue weighted by Crippen LogP contribution is 2.39. The molecule has 0 saturated heterocycles. The number of aliphatic hydroxyl groups excluding tert-OH is 1. The third-order valence-corrected chi connectivity index (χ3v) is 4.61. The average Bonchev–Trinajstić information content (AvgIpc) is 2.46. The van der Waals surface area contributed by atoms with E-state index in [-0.39, 0.29) is 6.10 Å². The Hall–Kier alpha value is -1.02. The Bertz CT molecular complexity index is 414. The van der Waals surface area contributed by atoms with Crippen LogP contribution in [0.4, 0.5) is 0 Å². The van der Waals surface area contributed by atoms with Crippen molar-refractivity contribution in [3.63, 3.8) is 0 Å². The summed E-state index contributed by atoms with van der Waals surface area (Å²) in [6.07, 6.45) is 5.84. The summed E-state index contributed by atoms with van der Waals surface area (Å²) in [4.78, 5) is 0. The summed E-state index contributed by atoms with van der Waals surface area (Å²) in [5, 5.41) is 10.6. The maximum absolute atomic E-state index is 10.6. The molecule has 1 aliphatic carbocycles. The fourth-order valence-electron chi connectivity index (χ4n) is 3.35. The summed E-state index contributed by atoms with van der Waals surface area (Å²) < 4.78 is 5.28. The molecule has 106 valence electrons. The minimum atomic E-state index is -0.320. The second-order valence-corrected chi connectivity index (χ2v) is 5.87. The van der Waals surface area contributed by atoms with Gasteiger partial charge in [0.25, 0.3) is 0 Å². The van der Waals surface area contributed by atoms with Gasteiger partial charge in [-0.1, -0.05) is 32.3 Å². The van der Waals surface area contributed by atoms with Crippen LogP contribution in [0.15, 0.2) is 18.2 Å². The van der Waals surface area contributed by atoms with Gasteiger partial charge in [0.05, 0.1) is 13.2 Å². The van der Waals surface area contributed by atoms with Crippen LogP contribution in [0.25, 0.3) is 0 Å². The van der Waals surface area contributed by atoms with Gasteiger partial charge in [0, 0.05) is 0 Å². The van der Waals surface area contributed by atoms with Crippen LogP contribution in [0.2, 0.25) is 0 Å². The van der Waals surface area contributed by atoms with E-state index in [9.17, 15) is 5.11 Å². The minimum Gasteiger partial charge on any atom is -0.496 e. The van der Waals surface area contributed by atoms with Crippen LogP contribution in [0.5, 0.6) is 5.75 Å². The summed E-state index contributed by atoms with van der Waals surface area (Å²) in [6, 6.07) is 6.04. The number of hydrogen-bond donors (Lipinski definition) is 1. The Balaban J connectivity index is 2.10. The molecule has 1 aromatic carbocycles. The number of aryl methyl sites for hydroxylation is 1. The lowest BCUT2D eigenvalue weighted by Crippen LogP contribution is -2.21. The number of ether oxygens (including phenoxy) is 1. The largest absolute Gasteiger partial charge is 0.496 e. The second-order valence-electron chi connectivity index (χ2n) is 5.87. The molecule has 1 fully saturated rings. The Morgan fingerprint density at radius 1 is 1.37 bits per heavy atom. The van der Waals surface area contributed by atoms with E-state index in [0.717, 1.165) is 29.2 Å². The van der Waals surface area contributed by atoms with Gasteiger partial charge in [-0.25, -0.2) is 0 Å². The van der Waals surface area contributed by atoms with Crippen molar-refractivity contribution in [2.24, 2.45) is 11.8 Å². The molecule has 0 bridgehead atoms. The first-order chi connectivity index (χ1) is 9.15. The Labute approximate surface area is 116 Å². The quantitative estimate of drug-likeness (QED) is 0.878. The van der Waals surface area contributed by atoms with E-state index >= 15 is 0 Å². The Kier molecular flexibility index (Phi) is 4.87. The van der Waals surface area contributed by atoms with Gasteiger partial charge in [-0.05, 0) is 54.9 Å². The monoisotopic (exact) mass is 262 g/mol. The molecule has 3 unspecified atom stereocenters. The molecule has 2 rings (SSSR count). The molecule has 1 aromatic rings. The zero-order chi connectivity index (χ0) is 13.8. The van der Waals surface area contributed by atoms with Gasteiger partial charge in [0.1, 0.15) is 5.75 Å². The van der Waals surface area contributed by atoms with Crippen LogP contribution in [0.3, 0.4) is 0 Å². The van der Waals surface area contributed by atoms with Gasteiger partial charge in [0.15, 0.2) is 0 Å². The summed E-state index contributed by atoms with van der Waals surface area (Å²) in [6.45, 7) is 4.29. The molecule has 19 heavy (non-hydrogen) atoms. The van der Waals surface area contributed by atoms with Gasteiger partial charge in [-0.2, -0.15) is 0 Å². The van der Waals surface area contributed by atoms with Crippen LogP contribution in [-0.4, -0.2) is 12.2 Å². The van der Waals surface area contributed by atoms with Crippen LogP contribution in [0.1, 0.15) is 56.3 Å². The highest BCUT2D eigenvalue weighted by atomic mass is 16.5. The van der Waals surface area contributed by atoms with Gasteiger partial charge >= 0.3 is 0 Å². The van der Waals surface area contributed by atoms with Crippen molar-refractivity contribution in [1.82, 2.24) is 0 Å². The fraction of sp³-hybridized carbons (Fsp3) is 0.647. The number of aliphatic hydroxyl groups is 1. The van der Waals surface area contributed by atoms with Crippen LogP contribution in [0, 0.1) is 18.8 Å². The first-order valence-electron chi connectivity index (χ1n) is 7.48. The van der Waals surface area contributed by atoms with E-state index in [1.807, 2.05) is 19.1 Å². The second kappa shape index (κ2) is 6.42. The number of benzene rings is 1. The molecule has 2 heteroatoms. The van der Waals surface area contributed by atoms with E-state index in [1.165, 1.54) is 25.7 Å². The van der Waals surface area contributed by atoms with Crippen molar-refractivity contribution in [2.45, 2.75) is 52.1 Å². The molecule has 1 saturated carbocycles. The van der Waals surface area contributed by atoms with Gasteiger partial charge in [-0.3, -0.25) is 0 Å². The zero-order valence-corrected chi connectivity index (χ0v) is 12.4. The van der Waals surface area contributed by atoms with Gasteiger partial charge < -0.3 is 9.84 Å². The van der Waals surface area contributed by atoms with Crippen molar-refractivity contribution >= 4 is 0 Å². The summed E-state index contributed by atoms with van der Waals surface area (Å²) in [5.41, 5.74) is 2.14. The molecule has 0 heterocycles. The van der Waals surface area contributed by atoms with Crippen molar-refractivity contribution < 1.29 is 9.84 Å². The smallest absolute Gasteiger partial charge is 0.121 e. The highest BCUT2D eigenvalue weighted by molar-refractivity contribution is 5.37. The first-order valence-corrected chi connectivity index (χ1v) is 7.48. The van der Waals surface area contributed by atoms with Crippen molar-refractivity contribution in [2.75, 3.05) is 7.11 Å². The van der Waals surface area contributed by atoms with E-state index in [0.29, 0.717) is 5.92 Å². The molecular formula is C17H26O2.